The van der Waals surface area contributed by atoms with E-state index >= 15 is 0 Å². The molecule has 4 aliphatic heterocycles. The molecule has 4 aliphatic rings. The fourth-order valence-electron chi connectivity index (χ4n) is 9.03. The van der Waals surface area contributed by atoms with E-state index in [9.17, 15) is 34.8 Å². The molecule has 1 fully saturated rings. The van der Waals surface area contributed by atoms with E-state index in [-0.39, 0.29) is 49.7 Å². The second-order valence-electron chi connectivity index (χ2n) is 17.4. The number of methoxy groups -OCH3 is 1. The first-order valence-electron chi connectivity index (χ1n) is 20.8. The Morgan fingerprint density at radius 1 is 0.967 bits per heavy atom. The van der Waals surface area contributed by atoms with E-state index in [0.717, 1.165) is 0 Å². The van der Waals surface area contributed by atoms with Crippen LogP contribution in [0.2, 0.25) is 0 Å². The second-order valence-corrected chi connectivity index (χ2v) is 17.4. The minimum absolute atomic E-state index is 0.0514. The van der Waals surface area contributed by atoms with Gasteiger partial charge in [0, 0.05) is 93.1 Å². The predicted octanol–water partition coefficient (Wildman–Crippen LogP) is 4.50. The quantitative estimate of drug-likeness (QED) is 0.214. The van der Waals surface area contributed by atoms with Crippen molar-refractivity contribution in [3.05, 3.63) is 58.0 Å². The number of aliphatic hydroxyl groups excluding tert-OH is 2. The third kappa shape index (κ3) is 7.92. The van der Waals surface area contributed by atoms with Gasteiger partial charge in [-0.05, 0) is 33.8 Å². The van der Waals surface area contributed by atoms with Crippen LogP contribution in [-0.4, -0.2) is 105 Å². The van der Waals surface area contributed by atoms with Crippen LogP contribution in [0.5, 0.6) is 17.2 Å². The summed E-state index contributed by atoms with van der Waals surface area (Å²) < 4.78 is 24.0. The Morgan fingerprint density at radius 3 is 2.25 bits per heavy atom. The Kier molecular flexibility index (Phi) is 12.6. The number of hydrogen-bond donors (Lipinski definition) is 5. The van der Waals surface area contributed by atoms with Crippen LogP contribution in [0.4, 0.5) is 5.69 Å². The third-order valence-electron chi connectivity index (χ3n) is 13.0. The smallest absolute Gasteiger partial charge is 0.312 e. The van der Waals surface area contributed by atoms with Crippen molar-refractivity contribution in [1.29, 1.82) is 0 Å². The Balaban J connectivity index is 1.56. The summed E-state index contributed by atoms with van der Waals surface area (Å²) in [5.41, 5.74) is -0.123. The van der Waals surface area contributed by atoms with Gasteiger partial charge in [-0.2, -0.15) is 0 Å². The molecule has 15 nitrogen and oxygen atoms in total. The lowest BCUT2D eigenvalue weighted by molar-refractivity contribution is -0.160. The van der Waals surface area contributed by atoms with Crippen LogP contribution in [0.25, 0.3) is 10.8 Å². The van der Waals surface area contributed by atoms with Gasteiger partial charge in [0.15, 0.2) is 5.75 Å². The van der Waals surface area contributed by atoms with Crippen LogP contribution in [0.15, 0.2) is 46.1 Å². The first kappa shape index (κ1) is 44.7. The van der Waals surface area contributed by atoms with Gasteiger partial charge < -0.3 is 49.6 Å². The number of amides is 1. The Hall–Kier alpha value is -4.83. The summed E-state index contributed by atoms with van der Waals surface area (Å²) in [6, 6.07) is 0.308. The lowest BCUT2D eigenvalue weighted by atomic mass is 9.78. The minimum atomic E-state index is -1.95. The van der Waals surface area contributed by atoms with Crippen LogP contribution in [-0.2, 0) is 23.8 Å². The van der Waals surface area contributed by atoms with E-state index in [1.54, 1.807) is 59.8 Å². The van der Waals surface area contributed by atoms with Crippen molar-refractivity contribution >= 4 is 34.1 Å². The van der Waals surface area contributed by atoms with Crippen molar-refractivity contribution in [2.24, 2.45) is 33.7 Å². The molecule has 5 N–H and O–H groups in total. The maximum atomic E-state index is 14.7. The largest absolute Gasteiger partial charge is 0.507 e. The number of allylic oxidation sites excluding steroid dienone is 2. The minimum Gasteiger partial charge on any atom is -0.507 e. The number of piperidine rings is 1. The number of carbonyl (C=O) groups excluding carboxylic acids is 3. The van der Waals surface area contributed by atoms with Gasteiger partial charge in [-0.3, -0.25) is 19.4 Å². The summed E-state index contributed by atoms with van der Waals surface area (Å²) in [5.74, 6) is -7.04. The maximum absolute atomic E-state index is 14.7. The van der Waals surface area contributed by atoms with Gasteiger partial charge in [-0.15, -0.1) is 0 Å². The Labute approximate surface area is 350 Å². The van der Waals surface area contributed by atoms with Crippen molar-refractivity contribution in [2.75, 3.05) is 25.5 Å². The first-order valence-corrected chi connectivity index (χ1v) is 20.8. The molecule has 1 saturated heterocycles. The number of nitrogens with zero attached hydrogens (tertiary/aromatic N) is 3. The van der Waals surface area contributed by atoms with Gasteiger partial charge in [0.1, 0.15) is 34.0 Å². The molecule has 9 unspecified atom stereocenters. The molecule has 326 valence electrons. The van der Waals surface area contributed by atoms with E-state index in [2.05, 4.69) is 29.1 Å². The topological polar surface area (TPSA) is 209 Å². The van der Waals surface area contributed by atoms with Gasteiger partial charge >= 0.3 is 11.8 Å². The lowest BCUT2D eigenvalue weighted by Crippen LogP contribution is -2.48. The van der Waals surface area contributed by atoms with E-state index in [1.807, 2.05) is 0 Å². The number of rotatable bonds is 3. The van der Waals surface area contributed by atoms with E-state index in [4.69, 9.17) is 23.9 Å². The van der Waals surface area contributed by atoms with Crippen molar-refractivity contribution in [2.45, 2.75) is 124 Å². The average molecular weight is 833 g/mol. The molecule has 0 radical (unpaired) electrons. The number of aromatic hydroxyl groups is 2. The van der Waals surface area contributed by atoms with Crippen LogP contribution in [0.3, 0.4) is 0 Å². The molecule has 4 heterocycles. The highest BCUT2D eigenvalue weighted by molar-refractivity contribution is 6.21. The third-order valence-corrected chi connectivity index (χ3v) is 13.0. The number of fused-ring (bicyclic) bond motifs is 1. The number of aliphatic hydroxyl groups is 2. The molecule has 0 aromatic heterocycles. The maximum Gasteiger partial charge on any atom is 0.312 e. The SMILES string of the molecule is COC1C=COC2(C)Oc3c(C)c(O)c4c(O)c(c5c(c4c3C2=O)NC2(CCN(C(C)C)CC2)N=5)=NC(=O)/C(C)=C\C=C/C(C)C(O)C(C)C(O)C(C)C(OC(C)=O)C1C. The molecule has 9 atom stereocenters. The fraction of sp³-hybridized carbons (Fsp3) is 0.578. The molecular weight excluding hydrogens is 773 g/mol. The molecule has 60 heavy (non-hydrogen) atoms. The van der Waals surface area contributed by atoms with E-state index in [1.165, 1.54) is 33.3 Å². The number of phenols is 2. The lowest BCUT2D eigenvalue weighted by Gasteiger charge is -2.39. The average Bonchev–Trinajstić information content (AvgIpc) is 3.70. The molecule has 4 bridgehead atoms. The molecule has 1 spiro atoms. The normalized spacial score (nSPS) is 32.5. The molecule has 0 aliphatic carbocycles. The Morgan fingerprint density at radius 2 is 1.63 bits per heavy atom. The number of nitrogens with one attached hydrogen (secondary N) is 1. The first-order chi connectivity index (χ1) is 28.2. The number of carbonyl (C=O) groups is 3. The highest BCUT2D eigenvalue weighted by Gasteiger charge is 2.51. The highest BCUT2D eigenvalue weighted by atomic mass is 16.7. The molecule has 6 rings (SSSR count). The number of benzene rings is 2. The standard InChI is InChI=1S/C45H60N4O11/c1-21(2)49-18-16-45(17-19-49)47-33-30-31-38(53)27(8)41-32(30)42(55)44(10,60-41)58-20-15-29(57-11)24(5)40(59-28(9)50)26(7)37(52)25(6)36(51)22(3)13-12-14-23(4)43(56)46-35(39(31)54)34(33)48-45/h12-15,20-22,24-26,29,36-37,40,47,51-54H,16-19H2,1-11H3/b13-12-,20-15?,23-14-,46-35?. The summed E-state index contributed by atoms with van der Waals surface area (Å²) in [6.45, 7) is 18.5. The molecule has 2 aromatic rings. The highest BCUT2D eigenvalue weighted by Crippen LogP contribution is 2.51. The van der Waals surface area contributed by atoms with Crippen molar-refractivity contribution < 1.29 is 53.8 Å². The summed E-state index contributed by atoms with van der Waals surface area (Å²) in [7, 11) is 1.47. The van der Waals surface area contributed by atoms with Gasteiger partial charge in [0.2, 0.25) is 0 Å². The number of esters is 1. The van der Waals surface area contributed by atoms with Gasteiger partial charge in [-0.1, -0.05) is 45.9 Å². The molecule has 2 aromatic carbocycles. The van der Waals surface area contributed by atoms with Crippen LogP contribution >= 0.6 is 0 Å². The summed E-state index contributed by atoms with van der Waals surface area (Å²) in [5, 5.41) is 50.4. The zero-order valence-electron chi connectivity index (χ0n) is 36.4. The van der Waals surface area contributed by atoms with Crippen LogP contribution < -0.4 is 20.8 Å². The molecular formula is C45H60N4O11. The monoisotopic (exact) mass is 832 g/mol. The summed E-state index contributed by atoms with van der Waals surface area (Å²) >= 11 is 0. The van der Waals surface area contributed by atoms with Crippen molar-refractivity contribution in [3.8, 4) is 17.2 Å². The van der Waals surface area contributed by atoms with Crippen LogP contribution in [0, 0.1) is 30.6 Å². The molecule has 15 heteroatoms. The van der Waals surface area contributed by atoms with Crippen molar-refractivity contribution in [1.82, 2.24) is 4.90 Å². The fourth-order valence-corrected chi connectivity index (χ4v) is 9.03. The van der Waals surface area contributed by atoms with Crippen molar-refractivity contribution in [3.63, 3.8) is 0 Å². The number of hydrogen-bond acceptors (Lipinski definition) is 14. The zero-order chi connectivity index (χ0) is 44.2. The van der Waals surface area contributed by atoms with Crippen LogP contribution in [0.1, 0.15) is 91.1 Å². The Bertz CT molecular complexity index is 2280. The number of anilines is 1. The molecule has 1 amide bonds. The number of ether oxygens (including phenoxy) is 4. The van der Waals surface area contributed by atoms with Gasteiger partial charge in [0.25, 0.3) is 11.7 Å². The second kappa shape index (κ2) is 16.9. The molecule has 0 saturated carbocycles. The van der Waals surface area contributed by atoms with Gasteiger partial charge in [-0.25, -0.2) is 4.99 Å². The van der Waals surface area contributed by atoms with Gasteiger partial charge in [0.05, 0.1) is 41.2 Å². The number of ketones is 1. The predicted molar refractivity (Wildman–Crippen MR) is 223 cm³/mol. The zero-order valence-corrected chi connectivity index (χ0v) is 36.4. The summed E-state index contributed by atoms with van der Waals surface area (Å²) in [4.78, 5) is 52.8. The number of Topliss-reactive ketones (excluding diaryl/α,β-unsaturated/α-hetero) is 1. The summed E-state index contributed by atoms with van der Waals surface area (Å²) in [6.07, 6.45) is 5.04. The van der Waals surface area contributed by atoms with E-state index in [0.29, 0.717) is 37.7 Å². The van der Waals surface area contributed by atoms with E-state index < -0.39 is 82.9 Å². The number of phenolic OH excluding ortho intramolecular Hbond substituents is 2. The number of likely N-dealkylation sites (tertiary alicyclic amines) is 1.